The van der Waals surface area contributed by atoms with Gasteiger partial charge in [0.25, 0.3) is 5.91 Å². The standard InChI is InChI=1S/C29H32N6O4/c1-18(36)33-11-8-26-24(17-33)28(32-35(26)20-9-12-39-13-10-20)22-5-3-4-19-16-34(27(37)14-23(19)22)21-6-7-25(31-15-21)29(38)30-2/h3-7,15,20H,8-14,16-17H2,1-2H3,(H,30,38). The maximum atomic E-state index is 13.4. The van der Waals surface area contributed by atoms with E-state index in [0.29, 0.717) is 31.0 Å². The van der Waals surface area contributed by atoms with Crippen LogP contribution < -0.4 is 10.2 Å². The second kappa shape index (κ2) is 10.3. The second-order valence-corrected chi connectivity index (χ2v) is 10.3. The summed E-state index contributed by atoms with van der Waals surface area (Å²) in [5.74, 6) is -0.247. The highest BCUT2D eigenvalue weighted by Gasteiger charge is 2.33. The number of amides is 3. The van der Waals surface area contributed by atoms with Crippen LogP contribution in [0.2, 0.25) is 0 Å². The number of anilines is 1. The molecule has 3 aliphatic heterocycles. The van der Waals surface area contributed by atoms with Gasteiger partial charge in [0.05, 0.1) is 36.6 Å². The molecule has 0 bridgehead atoms. The lowest BCUT2D eigenvalue weighted by Crippen LogP contribution is -2.37. The SMILES string of the molecule is CNC(=O)c1ccc(N2Cc3cccc(-c4nn(C5CCOCC5)c5c4CN(C(C)=O)CC5)c3CC2=O)cn1. The molecule has 202 valence electrons. The van der Waals surface area contributed by atoms with Gasteiger partial charge in [0, 0.05) is 63.5 Å². The van der Waals surface area contributed by atoms with E-state index in [1.54, 1.807) is 37.2 Å². The summed E-state index contributed by atoms with van der Waals surface area (Å²) >= 11 is 0. The van der Waals surface area contributed by atoms with Crippen LogP contribution in [0.15, 0.2) is 36.5 Å². The second-order valence-electron chi connectivity index (χ2n) is 10.3. The summed E-state index contributed by atoms with van der Waals surface area (Å²) in [5.41, 5.74) is 7.10. The predicted molar refractivity (Wildman–Crippen MR) is 144 cm³/mol. The van der Waals surface area contributed by atoms with E-state index in [4.69, 9.17) is 9.84 Å². The van der Waals surface area contributed by atoms with Crippen LogP contribution >= 0.6 is 0 Å². The molecule has 0 atom stereocenters. The summed E-state index contributed by atoms with van der Waals surface area (Å²) < 4.78 is 7.78. The molecule has 1 N–H and O–H groups in total. The Kier molecular flexibility index (Phi) is 6.64. The third kappa shape index (κ3) is 4.58. The maximum absolute atomic E-state index is 13.4. The number of ether oxygens (including phenoxy) is 1. The topological polar surface area (TPSA) is 110 Å². The van der Waals surface area contributed by atoms with Gasteiger partial charge in [0.2, 0.25) is 11.8 Å². The number of benzene rings is 1. The number of hydrogen-bond acceptors (Lipinski definition) is 6. The van der Waals surface area contributed by atoms with E-state index >= 15 is 0 Å². The molecular weight excluding hydrogens is 496 g/mol. The summed E-state index contributed by atoms with van der Waals surface area (Å²) in [6.45, 7) is 4.67. The minimum Gasteiger partial charge on any atom is -0.381 e. The maximum Gasteiger partial charge on any atom is 0.269 e. The summed E-state index contributed by atoms with van der Waals surface area (Å²) in [6.07, 6.45) is 4.39. The highest BCUT2D eigenvalue weighted by molar-refractivity contribution is 5.98. The number of pyridine rings is 1. The smallest absolute Gasteiger partial charge is 0.269 e. The van der Waals surface area contributed by atoms with E-state index in [1.165, 1.54) is 5.69 Å². The Morgan fingerprint density at radius 2 is 1.90 bits per heavy atom. The third-order valence-corrected chi connectivity index (χ3v) is 8.07. The van der Waals surface area contributed by atoms with Crippen molar-refractivity contribution >= 4 is 23.4 Å². The van der Waals surface area contributed by atoms with Gasteiger partial charge in [-0.05, 0) is 36.1 Å². The van der Waals surface area contributed by atoms with Crippen molar-refractivity contribution in [3.8, 4) is 11.3 Å². The lowest BCUT2D eigenvalue weighted by Gasteiger charge is -2.30. The summed E-state index contributed by atoms with van der Waals surface area (Å²) in [7, 11) is 1.56. The van der Waals surface area contributed by atoms with E-state index in [1.807, 2.05) is 23.1 Å². The molecule has 1 aromatic carbocycles. The zero-order chi connectivity index (χ0) is 27.1. The van der Waals surface area contributed by atoms with Gasteiger partial charge in [-0.25, -0.2) is 4.98 Å². The van der Waals surface area contributed by atoms with Crippen LogP contribution in [0.1, 0.15) is 58.7 Å². The van der Waals surface area contributed by atoms with Gasteiger partial charge in [0.1, 0.15) is 5.69 Å². The van der Waals surface area contributed by atoms with Crippen LogP contribution in [0.5, 0.6) is 0 Å². The normalized spacial score (nSPS) is 17.5. The molecule has 2 aromatic heterocycles. The average molecular weight is 529 g/mol. The molecule has 0 radical (unpaired) electrons. The van der Waals surface area contributed by atoms with Crippen LogP contribution in [-0.2, 0) is 40.3 Å². The van der Waals surface area contributed by atoms with Crippen LogP contribution in [-0.4, -0.2) is 64.2 Å². The number of rotatable bonds is 4. The largest absolute Gasteiger partial charge is 0.381 e. The quantitative estimate of drug-likeness (QED) is 0.558. The number of carbonyl (C=O) groups is 3. The first-order valence-electron chi connectivity index (χ1n) is 13.5. The molecule has 10 heteroatoms. The van der Waals surface area contributed by atoms with Gasteiger partial charge < -0.3 is 19.9 Å². The Morgan fingerprint density at radius 3 is 2.62 bits per heavy atom. The highest BCUT2D eigenvalue weighted by Crippen LogP contribution is 2.38. The number of nitrogens with one attached hydrogen (secondary N) is 1. The Hall–Kier alpha value is -4.05. The Bertz CT molecular complexity index is 1440. The van der Waals surface area contributed by atoms with Gasteiger partial charge >= 0.3 is 0 Å². The van der Waals surface area contributed by atoms with Crippen molar-refractivity contribution in [1.82, 2.24) is 25.0 Å². The van der Waals surface area contributed by atoms with Crippen molar-refractivity contribution in [3.63, 3.8) is 0 Å². The molecule has 3 aliphatic rings. The molecule has 1 saturated heterocycles. The lowest BCUT2D eigenvalue weighted by molar-refractivity contribution is -0.129. The summed E-state index contributed by atoms with van der Waals surface area (Å²) in [4.78, 5) is 45.4. The molecular formula is C29H32N6O4. The molecule has 0 saturated carbocycles. The van der Waals surface area contributed by atoms with Crippen molar-refractivity contribution in [1.29, 1.82) is 0 Å². The number of fused-ring (bicyclic) bond motifs is 2. The van der Waals surface area contributed by atoms with Gasteiger partial charge in [-0.1, -0.05) is 18.2 Å². The molecule has 5 heterocycles. The van der Waals surface area contributed by atoms with Crippen LogP contribution in [0.4, 0.5) is 5.69 Å². The van der Waals surface area contributed by atoms with Crippen molar-refractivity contribution in [2.45, 2.75) is 51.7 Å². The van der Waals surface area contributed by atoms with Crippen molar-refractivity contribution in [2.75, 3.05) is 31.7 Å². The van der Waals surface area contributed by atoms with E-state index in [9.17, 15) is 14.4 Å². The zero-order valence-electron chi connectivity index (χ0n) is 22.3. The molecule has 1 fully saturated rings. The molecule has 6 rings (SSSR count). The Morgan fingerprint density at radius 1 is 1.08 bits per heavy atom. The molecule has 0 spiro atoms. The minimum absolute atomic E-state index is 0.0347. The lowest BCUT2D eigenvalue weighted by atomic mass is 9.90. The first-order chi connectivity index (χ1) is 18.9. The van der Waals surface area contributed by atoms with E-state index in [0.717, 1.165) is 60.4 Å². The number of aromatic nitrogens is 3. The molecule has 10 nitrogen and oxygen atoms in total. The predicted octanol–water partition coefficient (Wildman–Crippen LogP) is 2.65. The summed E-state index contributed by atoms with van der Waals surface area (Å²) in [5, 5.41) is 7.73. The fourth-order valence-corrected chi connectivity index (χ4v) is 5.92. The van der Waals surface area contributed by atoms with Gasteiger partial charge in [-0.3, -0.25) is 19.1 Å². The van der Waals surface area contributed by atoms with E-state index in [-0.39, 0.29) is 30.2 Å². The third-order valence-electron chi connectivity index (χ3n) is 8.07. The van der Waals surface area contributed by atoms with Crippen molar-refractivity contribution in [3.05, 3.63) is 64.6 Å². The fraction of sp³-hybridized carbons (Fsp3) is 0.414. The van der Waals surface area contributed by atoms with E-state index < -0.39 is 0 Å². The Labute approximate surface area is 226 Å². The molecule has 3 amide bonds. The highest BCUT2D eigenvalue weighted by atomic mass is 16.5. The molecule has 0 unspecified atom stereocenters. The average Bonchev–Trinajstić information content (AvgIpc) is 3.35. The first-order valence-corrected chi connectivity index (χ1v) is 13.5. The van der Waals surface area contributed by atoms with Crippen LogP contribution in [0.3, 0.4) is 0 Å². The van der Waals surface area contributed by atoms with Gasteiger partial charge in [-0.2, -0.15) is 5.10 Å². The van der Waals surface area contributed by atoms with Gasteiger partial charge in [0.15, 0.2) is 0 Å². The molecule has 0 aliphatic carbocycles. The number of carbonyl (C=O) groups excluding carboxylic acids is 3. The van der Waals surface area contributed by atoms with Crippen LogP contribution in [0, 0.1) is 0 Å². The van der Waals surface area contributed by atoms with E-state index in [2.05, 4.69) is 15.0 Å². The van der Waals surface area contributed by atoms with Crippen LogP contribution in [0.25, 0.3) is 11.3 Å². The fourth-order valence-electron chi connectivity index (χ4n) is 5.92. The monoisotopic (exact) mass is 528 g/mol. The number of nitrogens with zero attached hydrogens (tertiary/aromatic N) is 5. The summed E-state index contributed by atoms with van der Waals surface area (Å²) in [6, 6.07) is 9.77. The van der Waals surface area contributed by atoms with Crippen molar-refractivity contribution < 1.29 is 19.1 Å². The Balaban J connectivity index is 1.37. The minimum atomic E-state index is -0.270. The molecule has 39 heavy (non-hydrogen) atoms. The zero-order valence-corrected chi connectivity index (χ0v) is 22.3. The molecule has 3 aromatic rings. The van der Waals surface area contributed by atoms with Gasteiger partial charge in [-0.15, -0.1) is 0 Å². The number of hydrogen-bond donors (Lipinski definition) is 1. The van der Waals surface area contributed by atoms with Crippen molar-refractivity contribution in [2.24, 2.45) is 0 Å². The first kappa shape index (κ1) is 25.2.